The zero-order valence-electron chi connectivity index (χ0n) is 9.24. The maximum atomic E-state index is 11.0. The van der Waals surface area contributed by atoms with Crippen LogP contribution >= 0.6 is 0 Å². The molecule has 0 aliphatic carbocycles. The predicted octanol–water partition coefficient (Wildman–Crippen LogP) is 2.48. The molecule has 0 aromatic carbocycles. The molecule has 15 heavy (non-hydrogen) atoms. The van der Waals surface area contributed by atoms with Crippen LogP contribution in [-0.4, -0.2) is 16.6 Å². The lowest BCUT2D eigenvalue weighted by Gasteiger charge is -2.24. The first-order chi connectivity index (χ1) is 7.06. The zero-order chi connectivity index (χ0) is 11.7. The standard InChI is InChI=1S/C12H21NO2/c1-3-5-7-9-12(13,11(14)15)10-8-6-4-2/h3-4H,1-2,5-10,13H2,(H,14,15). The first-order valence-electron chi connectivity index (χ1n) is 5.31. The third kappa shape index (κ3) is 5.37. The molecule has 3 nitrogen and oxygen atoms in total. The van der Waals surface area contributed by atoms with Crippen molar-refractivity contribution in [3.8, 4) is 0 Å². The second-order valence-electron chi connectivity index (χ2n) is 3.82. The second-order valence-corrected chi connectivity index (χ2v) is 3.82. The number of rotatable bonds is 9. The van der Waals surface area contributed by atoms with Gasteiger partial charge in [-0.05, 0) is 38.5 Å². The quantitative estimate of drug-likeness (QED) is 0.455. The van der Waals surface area contributed by atoms with Gasteiger partial charge in [-0.2, -0.15) is 0 Å². The van der Waals surface area contributed by atoms with Crippen molar-refractivity contribution in [1.82, 2.24) is 0 Å². The van der Waals surface area contributed by atoms with Crippen LogP contribution in [0.2, 0.25) is 0 Å². The second kappa shape index (κ2) is 7.23. The average molecular weight is 211 g/mol. The van der Waals surface area contributed by atoms with E-state index in [0.29, 0.717) is 12.8 Å². The lowest BCUT2D eigenvalue weighted by atomic mass is 9.88. The molecule has 0 unspecified atom stereocenters. The Morgan fingerprint density at radius 3 is 1.87 bits per heavy atom. The highest BCUT2D eigenvalue weighted by molar-refractivity contribution is 5.78. The normalized spacial score (nSPS) is 11.0. The molecule has 0 aromatic rings. The van der Waals surface area contributed by atoms with Crippen molar-refractivity contribution >= 4 is 5.97 Å². The van der Waals surface area contributed by atoms with Crippen LogP contribution in [0, 0.1) is 0 Å². The summed E-state index contributed by atoms with van der Waals surface area (Å²) >= 11 is 0. The minimum absolute atomic E-state index is 0.505. The van der Waals surface area contributed by atoms with E-state index in [2.05, 4.69) is 13.2 Å². The minimum atomic E-state index is -1.08. The number of allylic oxidation sites excluding steroid dienone is 2. The van der Waals surface area contributed by atoms with Crippen LogP contribution in [0.25, 0.3) is 0 Å². The van der Waals surface area contributed by atoms with Gasteiger partial charge in [-0.3, -0.25) is 4.79 Å². The molecule has 0 fully saturated rings. The Balaban J connectivity index is 4.12. The number of carboxylic acids is 1. The SMILES string of the molecule is C=CCCCC(N)(CCCC=C)C(=O)O. The maximum absolute atomic E-state index is 11.0. The molecule has 0 spiro atoms. The molecule has 0 radical (unpaired) electrons. The molecule has 0 saturated carbocycles. The van der Waals surface area contributed by atoms with Crippen molar-refractivity contribution in [2.45, 2.75) is 44.1 Å². The van der Waals surface area contributed by atoms with Gasteiger partial charge in [-0.15, -0.1) is 13.2 Å². The molecule has 0 atom stereocenters. The fraction of sp³-hybridized carbons (Fsp3) is 0.583. The summed E-state index contributed by atoms with van der Waals surface area (Å²) in [6.45, 7) is 7.20. The van der Waals surface area contributed by atoms with Gasteiger partial charge in [-0.1, -0.05) is 12.2 Å². The summed E-state index contributed by atoms with van der Waals surface area (Å²) in [5.41, 5.74) is 4.78. The summed E-state index contributed by atoms with van der Waals surface area (Å²) in [6.07, 6.45) is 7.76. The van der Waals surface area contributed by atoms with E-state index in [1.807, 2.05) is 0 Å². The zero-order valence-corrected chi connectivity index (χ0v) is 9.24. The van der Waals surface area contributed by atoms with Gasteiger partial charge in [0.15, 0.2) is 0 Å². The van der Waals surface area contributed by atoms with Crippen LogP contribution in [0.15, 0.2) is 25.3 Å². The first-order valence-corrected chi connectivity index (χ1v) is 5.31. The molecule has 0 aromatic heterocycles. The highest BCUT2D eigenvalue weighted by Crippen LogP contribution is 2.19. The third-order valence-corrected chi connectivity index (χ3v) is 2.49. The van der Waals surface area contributed by atoms with Gasteiger partial charge < -0.3 is 10.8 Å². The van der Waals surface area contributed by atoms with E-state index in [1.54, 1.807) is 12.2 Å². The Labute approximate surface area is 91.7 Å². The average Bonchev–Trinajstić information content (AvgIpc) is 2.18. The Hall–Kier alpha value is -1.09. The van der Waals surface area contributed by atoms with Crippen LogP contribution in [0.4, 0.5) is 0 Å². The molecule has 0 saturated heterocycles. The van der Waals surface area contributed by atoms with E-state index in [9.17, 15) is 4.79 Å². The fourth-order valence-corrected chi connectivity index (χ4v) is 1.46. The molecule has 0 aliphatic heterocycles. The van der Waals surface area contributed by atoms with E-state index < -0.39 is 11.5 Å². The van der Waals surface area contributed by atoms with Crippen molar-refractivity contribution in [3.05, 3.63) is 25.3 Å². The highest BCUT2D eigenvalue weighted by Gasteiger charge is 2.32. The molecule has 0 rings (SSSR count). The maximum Gasteiger partial charge on any atom is 0.323 e. The third-order valence-electron chi connectivity index (χ3n) is 2.49. The van der Waals surface area contributed by atoms with Gasteiger partial charge in [0.1, 0.15) is 5.54 Å². The smallest absolute Gasteiger partial charge is 0.323 e. The summed E-state index contributed by atoms with van der Waals surface area (Å²) in [4.78, 5) is 11.0. The summed E-state index contributed by atoms with van der Waals surface area (Å²) in [7, 11) is 0. The molecular formula is C12H21NO2. The van der Waals surface area contributed by atoms with Crippen molar-refractivity contribution in [2.75, 3.05) is 0 Å². The number of aliphatic carboxylic acids is 1. The topological polar surface area (TPSA) is 63.3 Å². The van der Waals surface area contributed by atoms with Gasteiger partial charge in [-0.25, -0.2) is 0 Å². The fourth-order valence-electron chi connectivity index (χ4n) is 1.46. The molecule has 3 heteroatoms. The summed E-state index contributed by atoms with van der Waals surface area (Å²) in [5.74, 6) is -0.907. The molecule has 0 aliphatic rings. The van der Waals surface area contributed by atoms with Crippen LogP contribution in [0.3, 0.4) is 0 Å². The van der Waals surface area contributed by atoms with Crippen LogP contribution < -0.4 is 5.73 Å². The Bertz CT molecular complexity index is 210. The van der Waals surface area contributed by atoms with Gasteiger partial charge in [0, 0.05) is 0 Å². The highest BCUT2D eigenvalue weighted by atomic mass is 16.4. The predicted molar refractivity (Wildman–Crippen MR) is 62.7 cm³/mol. The molecule has 0 bridgehead atoms. The Morgan fingerprint density at radius 1 is 1.20 bits per heavy atom. The van der Waals surface area contributed by atoms with E-state index in [0.717, 1.165) is 25.7 Å². The molecule has 0 heterocycles. The molecule has 86 valence electrons. The van der Waals surface area contributed by atoms with E-state index in [4.69, 9.17) is 10.8 Å². The van der Waals surface area contributed by atoms with Crippen molar-refractivity contribution in [1.29, 1.82) is 0 Å². The Morgan fingerprint density at radius 2 is 1.60 bits per heavy atom. The van der Waals surface area contributed by atoms with E-state index in [1.165, 1.54) is 0 Å². The van der Waals surface area contributed by atoms with Crippen LogP contribution in [0.5, 0.6) is 0 Å². The number of nitrogens with two attached hydrogens (primary N) is 1. The number of carbonyl (C=O) groups is 1. The van der Waals surface area contributed by atoms with Crippen LogP contribution in [0.1, 0.15) is 38.5 Å². The van der Waals surface area contributed by atoms with Gasteiger partial charge >= 0.3 is 5.97 Å². The number of carboxylic acid groups (broad SMARTS) is 1. The van der Waals surface area contributed by atoms with Gasteiger partial charge in [0.25, 0.3) is 0 Å². The molecular weight excluding hydrogens is 190 g/mol. The van der Waals surface area contributed by atoms with E-state index in [-0.39, 0.29) is 0 Å². The Kier molecular flexibility index (Phi) is 6.71. The molecule has 0 amide bonds. The first kappa shape index (κ1) is 13.9. The van der Waals surface area contributed by atoms with E-state index >= 15 is 0 Å². The number of unbranched alkanes of at least 4 members (excludes halogenated alkanes) is 2. The summed E-state index contributed by atoms with van der Waals surface area (Å²) in [6, 6.07) is 0. The minimum Gasteiger partial charge on any atom is -0.480 e. The summed E-state index contributed by atoms with van der Waals surface area (Å²) < 4.78 is 0. The lowest BCUT2D eigenvalue weighted by Crippen LogP contribution is -2.47. The van der Waals surface area contributed by atoms with Gasteiger partial charge in [0.2, 0.25) is 0 Å². The van der Waals surface area contributed by atoms with Crippen molar-refractivity contribution in [2.24, 2.45) is 5.73 Å². The summed E-state index contributed by atoms with van der Waals surface area (Å²) in [5, 5.41) is 9.05. The lowest BCUT2D eigenvalue weighted by molar-refractivity contribution is -0.144. The number of hydrogen-bond donors (Lipinski definition) is 2. The van der Waals surface area contributed by atoms with Crippen molar-refractivity contribution in [3.63, 3.8) is 0 Å². The van der Waals surface area contributed by atoms with Crippen molar-refractivity contribution < 1.29 is 9.90 Å². The number of hydrogen-bond acceptors (Lipinski definition) is 2. The van der Waals surface area contributed by atoms with Crippen LogP contribution in [-0.2, 0) is 4.79 Å². The monoisotopic (exact) mass is 211 g/mol. The largest absolute Gasteiger partial charge is 0.480 e. The van der Waals surface area contributed by atoms with Gasteiger partial charge in [0.05, 0.1) is 0 Å². The molecule has 3 N–H and O–H groups in total.